The van der Waals surface area contributed by atoms with Gasteiger partial charge in [0, 0.05) is 11.1 Å². The van der Waals surface area contributed by atoms with Crippen LogP contribution in [0.25, 0.3) is 16.8 Å². The maximum atomic E-state index is 6.20. The first kappa shape index (κ1) is 18.6. The molecule has 0 radical (unpaired) electrons. The Kier molecular flexibility index (Phi) is 5.74. The van der Waals surface area contributed by atoms with E-state index in [-0.39, 0.29) is 0 Å². The van der Waals surface area contributed by atoms with E-state index >= 15 is 0 Å². The molecule has 0 N–H and O–H groups in total. The molecule has 1 heteroatoms. The molecule has 4 rings (SSSR count). The summed E-state index contributed by atoms with van der Waals surface area (Å²) >= 11 is 0. The second-order valence-corrected chi connectivity index (χ2v) is 6.84. The molecule has 0 aliphatic heterocycles. The largest absolute Gasteiger partial charge is 0.488 e. The average molecular weight is 374 g/mol. The molecule has 0 bridgehead atoms. The van der Waals surface area contributed by atoms with E-state index < -0.39 is 0 Å². The molecule has 0 amide bonds. The van der Waals surface area contributed by atoms with Crippen LogP contribution in [0, 0.1) is 18.8 Å². The Labute approximate surface area is 172 Å². The number of hydrogen-bond donors (Lipinski definition) is 0. The lowest BCUT2D eigenvalue weighted by Crippen LogP contribution is -1.99. The van der Waals surface area contributed by atoms with Gasteiger partial charge < -0.3 is 4.74 Å². The van der Waals surface area contributed by atoms with Crippen LogP contribution >= 0.6 is 0 Å². The lowest BCUT2D eigenvalue weighted by Gasteiger charge is -2.13. The molecule has 1 nitrogen and oxygen atoms in total. The lowest BCUT2D eigenvalue weighted by molar-refractivity contribution is 0.360. The van der Waals surface area contributed by atoms with Crippen molar-refractivity contribution in [2.45, 2.75) is 6.92 Å². The Morgan fingerprint density at radius 3 is 2.28 bits per heavy atom. The number of aryl methyl sites for hydroxylation is 1. The number of hydrogen-bond acceptors (Lipinski definition) is 1. The highest BCUT2D eigenvalue weighted by Gasteiger charge is 2.10. The minimum atomic E-state index is 0.494. The summed E-state index contributed by atoms with van der Waals surface area (Å²) in [5.41, 5.74) is 4.19. The molecule has 140 valence electrons. The zero-order valence-electron chi connectivity index (χ0n) is 16.4. The maximum Gasteiger partial charge on any atom is 0.138 e. The molecule has 0 aliphatic carbocycles. The van der Waals surface area contributed by atoms with Gasteiger partial charge in [-0.2, -0.15) is 0 Å². The Hall–Kier alpha value is -3.76. The van der Waals surface area contributed by atoms with Gasteiger partial charge in [0.15, 0.2) is 0 Å². The summed E-state index contributed by atoms with van der Waals surface area (Å²) in [7, 11) is 0. The van der Waals surface area contributed by atoms with Crippen LogP contribution in [-0.4, -0.2) is 6.61 Å². The van der Waals surface area contributed by atoms with Gasteiger partial charge in [-0.3, -0.25) is 0 Å². The van der Waals surface area contributed by atoms with E-state index in [1.165, 1.54) is 10.8 Å². The van der Waals surface area contributed by atoms with E-state index in [1.807, 2.05) is 54.6 Å². The zero-order chi connectivity index (χ0) is 19.9. The van der Waals surface area contributed by atoms with E-state index in [0.29, 0.717) is 6.61 Å². The highest BCUT2D eigenvalue weighted by molar-refractivity contribution is 5.89. The molecule has 0 saturated carbocycles. The number of rotatable bonds is 4. The molecule has 0 saturated heterocycles. The summed E-state index contributed by atoms with van der Waals surface area (Å²) in [6, 6.07) is 30.8. The lowest BCUT2D eigenvalue weighted by atomic mass is 10.00. The molecule has 0 unspecified atom stereocenters. The van der Waals surface area contributed by atoms with Gasteiger partial charge in [0.05, 0.1) is 5.56 Å². The predicted octanol–water partition coefficient (Wildman–Crippen LogP) is 6.64. The van der Waals surface area contributed by atoms with Gasteiger partial charge in [0.1, 0.15) is 12.4 Å². The van der Waals surface area contributed by atoms with Gasteiger partial charge in [0.25, 0.3) is 0 Å². The van der Waals surface area contributed by atoms with Crippen LogP contribution < -0.4 is 4.74 Å². The summed E-state index contributed by atoms with van der Waals surface area (Å²) in [4.78, 5) is 0. The standard InChI is InChI=1S/C28H22O/c1-22-27-17-9-8-16-25(27)21-26(19-18-24-13-6-3-7-14-24)28(22)29-20-10-15-23-11-4-2-5-12-23/h2-17,21H,20H2,1H3/b15-10+. The molecule has 0 atom stereocenters. The minimum Gasteiger partial charge on any atom is -0.488 e. The summed E-state index contributed by atoms with van der Waals surface area (Å²) in [5.74, 6) is 7.44. The van der Waals surface area contributed by atoms with Gasteiger partial charge in [-0.25, -0.2) is 0 Å². The zero-order valence-corrected chi connectivity index (χ0v) is 16.4. The third-order valence-corrected chi connectivity index (χ3v) is 4.80. The monoisotopic (exact) mass is 374 g/mol. The Bertz CT molecular complexity index is 1190. The number of ether oxygens (including phenoxy) is 1. The molecule has 29 heavy (non-hydrogen) atoms. The molecule has 0 spiro atoms. The number of benzene rings is 4. The van der Waals surface area contributed by atoms with Crippen LogP contribution in [0.1, 0.15) is 22.3 Å². The van der Waals surface area contributed by atoms with Crippen LogP contribution in [0.2, 0.25) is 0 Å². The first-order chi connectivity index (χ1) is 14.3. The van der Waals surface area contributed by atoms with Crippen molar-refractivity contribution in [3.8, 4) is 17.6 Å². The van der Waals surface area contributed by atoms with Gasteiger partial charge >= 0.3 is 0 Å². The van der Waals surface area contributed by atoms with E-state index in [2.05, 4.69) is 67.3 Å². The first-order valence-corrected chi connectivity index (χ1v) is 9.75. The van der Waals surface area contributed by atoms with Crippen molar-refractivity contribution in [1.82, 2.24) is 0 Å². The van der Waals surface area contributed by atoms with E-state index in [9.17, 15) is 0 Å². The Balaban J connectivity index is 1.66. The van der Waals surface area contributed by atoms with Crippen molar-refractivity contribution in [3.63, 3.8) is 0 Å². The van der Waals surface area contributed by atoms with Crippen LogP contribution in [0.3, 0.4) is 0 Å². The predicted molar refractivity (Wildman–Crippen MR) is 122 cm³/mol. The fourth-order valence-electron chi connectivity index (χ4n) is 3.33. The van der Waals surface area contributed by atoms with Gasteiger partial charge in [-0.15, -0.1) is 0 Å². The smallest absolute Gasteiger partial charge is 0.138 e. The van der Waals surface area contributed by atoms with E-state index in [0.717, 1.165) is 28.0 Å². The highest BCUT2D eigenvalue weighted by atomic mass is 16.5. The van der Waals surface area contributed by atoms with Crippen molar-refractivity contribution in [1.29, 1.82) is 0 Å². The van der Waals surface area contributed by atoms with Crippen LogP contribution in [0.15, 0.2) is 97.1 Å². The third-order valence-electron chi connectivity index (χ3n) is 4.80. The van der Waals surface area contributed by atoms with Gasteiger partial charge in [0.2, 0.25) is 0 Å². The molecule has 0 aromatic heterocycles. The van der Waals surface area contributed by atoms with Crippen LogP contribution in [-0.2, 0) is 0 Å². The van der Waals surface area contributed by atoms with Crippen LogP contribution in [0.4, 0.5) is 0 Å². The molecule has 0 aliphatic rings. The maximum absolute atomic E-state index is 6.20. The van der Waals surface area contributed by atoms with E-state index in [1.54, 1.807) is 0 Å². The molecular weight excluding hydrogens is 352 g/mol. The topological polar surface area (TPSA) is 9.23 Å². The summed E-state index contributed by atoms with van der Waals surface area (Å²) in [5, 5.41) is 2.37. The van der Waals surface area contributed by atoms with Gasteiger partial charge in [-0.1, -0.05) is 90.7 Å². The second kappa shape index (κ2) is 8.95. The minimum absolute atomic E-state index is 0.494. The SMILES string of the molecule is Cc1c(OC/C=C/c2ccccc2)c(C#Cc2ccccc2)cc2ccccc12. The fraction of sp³-hybridized carbons (Fsp3) is 0.0714. The van der Waals surface area contributed by atoms with Crippen molar-refractivity contribution in [2.75, 3.05) is 6.61 Å². The second-order valence-electron chi connectivity index (χ2n) is 6.84. The summed E-state index contributed by atoms with van der Waals surface area (Å²) in [6.45, 7) is 2.60. The molecule has 4 aromatic carbocycles. The first-order valence-electron chi connectivity index (χ1n) is 9.75. The van der Waals surface area contributed by atoms with E-state index in [4.69, 9.17) is 4.74 Å². The average Bonchev–Trinajstić information content (AvgIpc) is 2.78. The molecular formula is C28H22O. The fourth-order valence-corrected chi connectivity index (χ4v) is 3.33. The summed E-state index contributed by atoms with van der Waals surface area (Å²) < 4.78 is 6.20. The third kappa shape index (κ3) is 4.57. The Morgan fingerprint density at radius 2 is 1.48 bits per heavy atom. The normalized spacial score (nSPS) is 10.7. The molecule has 4 aromatic rings. The van der Waals surface area contributed by atoms with Crippen molar-refractivity contribution in [2.24, 2.45) is 0 Å². The Morgan fingerprint density at radius 1 is 0.793 bits per heavy atom. The van der Waals surface area contributed by atoms with Crippen LogP contribution in [0.5, 0.6) is 5.75 Å². The summed E-state index contributed by atoms with van der Waals surface area (Å²) in [6.07, 6.45) is 4.12. The molecule has 0 fully saturated rings. The quantitative estimate of drug-likeness (QED) is 0.364. The molecule has 0 heterocycles. The van der Waals surface area contributed by atoms with Crippen molar-refractivity contribution >= 4 is 16.8 Å². The van der Waals surface area contributed by atoms with Crippen molar-refractivity contribution in [3.05, 3.63) is 119 Å². The highest BCUT2D eigenvalue weighted by Crippen LogP contribution is 2.31. The van der Waals surface area contributed by atoms with Gasteiger partial charge in [-0.05, 0) is 47.5 Å². The number of fused-ring (bicyclic) bond motifs is 1. The van der Waals surface area contributed by atoms with Crippen molar-refractivity contribution < 1.29 is 4.74 Å².